The van der Waals surface area contributed by atoms with Crippen LogP contribution in [-0.4, -0.2) is 17.7 Å². The molecule has 0 aromatic heterocycles. The van der Waals surface area contributed by atoms with Crippen molar-refractivity contribution in [1.82, 2.24) is 5.32 Å². The van der Waals surface area contributed by atoms with E-state index in [1.165, 1.54) is 6.92 Å². The first kappa shape index (κ1) is 7.78. The lowest BCUT2D eigenvalue weighted by Crippen LogP contribution is -2.37. The van der Waals surface area contributed by atoms with Gasteiger partial charge in [-0.25, -0.2) is 0 Å². The van der Waals surface area contributed by atoms with Gasteiger partial charge in [-0.05, 0) is 6.42 Å². The first-order chi connectivity index (χ1) is 5.11. The van der Waals surface area contributed by atoms with Crippen LogP contribution in [0.2, 0.25) is 0 Å². The third-order valence-electron chi connectivity index (χ3n) is 1.61. The number of hydrogen-bond donors (Lipinski definition) is 2. The molecule has 0 saturated heterocycles. The second-order valence-corrected chi connectivity index (χ2v) is 2.51. The van der Waals surface area contributed by atoms with Crippen molar-refractivity contribution in [1.29, 1.82) is 0 Å². The summed E-state index contributed by atoms with van der Waals surface area (Å²) in [6, 6.07) is -0.395. The van der Waals surface area contributed by atoms with E-state index in [-0.39, 0.29) is 5.78 Å². The fourth-order valence-electron chi connectivity index (χ4n) is 0.974. The summed E-state index contributed by atoms with van der Waals surface area (Å²) in [5, 5.41) is 2.73. The molecule has 1 amide bonds. The topological polar surface area (TPSA) is 72.2 Å². The van der Waals surface area contributed by atoms with Crippen molar-refractivity contribution in [3.63, 3.8) is 0 Å². The number of hydrogen-bond acceptors (Lipinski definition) is 3. The summed E-state index contributed by atoms with van der Waals surface area (Å²) in [5.74, 6) is -0.480. The van der Waals surface area contributed by atoms with Crippen molar-refractivity contribution in [2.24, 2.45) is 5.73 Å². The van der Waals surface area contributed by atoms with Gasteiger partial charge in [-0.15, -0.1) is 0 Å². The molecule has 0 radical (unpaired) electrons. The summed E-state index contributed by atoms with van der Waals surface area (Å²) in [6.07, 6.45) is 2.21. The summed E-state index contributed by atoms with van der Waals surface area (Å²) in [6.45, 7) is 1.45. The van der Waals surface area contributed by atoms with Crippen LogP contribution in [0.15, 0.2) is 11.8 Å². The smallest absolute Gasteiger partial charge is 0.240 e. The highest BCUT2D eigenvalue weighted by Gasteiger charge is 2.22. The van der Waals surface area contributed by atoms with E-state index >= 15 is 0 Å². The van der Waals surface area contributed by atoms with E-state index in [9.17, 15) is 9.59 Å². The maximum atomic E-state index is 10.7. The molecule has 0 saturated carbocycles. The van der Waals surface area contributed by atoms with Gasteiger partial charge in [0.15, 0.2) is 5.78 Å². The Morgan fingerprint density at radius 2 is 2.36 bits per heavy atom. The van der Waals surface area contributed by atoms with Gasteiger partial charge in [-0.3, -0.25) is 9.59 Å². The normalized spacial score (nSPS) is 22.3. The zero-order valence-electron chi connectivity index (χ0n) is 6.26. The Labute approximate surface area is 64.4 Å². The second kappa shape index (κ2) is 2.74. The Morgan fingerprint density at radius 1 is 1.73 bits per heavy atom. The van der Waals surface area contributed by atoms with Crippen molar-refractivity contribution >= 4 is 11.7 Å². The van der Waals surface area contributed by atoms with Crippen molar-refractivity contribution in [2.45, 2.75) is 19.4 Å². The summed E-state index contributed by atoms with van der Waals surface area (Å²) in [5.41, 5.74) is 5.51. The lowest BCUT2D eigenvalue weighted by molar-refractivity contribution is -0.119. The Morgan fingerprint density at radius 3 is 2.64 bits per heavy atom. The molecule has 11 heavy (non-hydrogen) atoms. The molecular weight excluding hydrogens is 144 g/mol. The minimum absolute atomic E-state index is 0.0613. The molecular formula is C7H10N2O2. The predicted octanol–water partition coefficient (Wildman–Crippen LogP) is -0.693. The molecule has 4 nitrogen and oxygen atoms in total. The molecule has 0 aromatic rings. The van der Waals surface area contributed by atoms with Gasteiger partial charge < -0.3 is 11.1 Å². The largest absolute Gasteiger partial charge is 0.371 e. The van der Waals surface area contributed by atoms with Gasteiger partial charge in [0.25, 0.3) is 0 Å². The lowest BCUT2D eigenvalue weighted by Gasteiger charge is -2.06. The zero-order valence-corrected chi connectivity index (χ0v) is 6.26. The zero-order chi connectivity index (χ0) is 8.43. The Hall–Kier alpha value is -1.32. The number of amides is 1. The van der Waals surface area contributed by atoms with Crippen LogP contribution in [0.25, 0.3) is 0 Å². The average molecular weight is 154 g/mol. The molecule has 1 unspecified atom stereocenters. The molecule has 60 valence electrons. The lowest BCUT2D eigenvalue weighted by atomic mass is 10.2. The number of nitrogens with one attached hydrogen (secondary N) is 1. The summed E-state index contributed by atoms with van der Waals surface area (Å²) in [4.78, 5) is 21.3. The first-order valence-electron chi connectivity index (χ1n) is 3.38. The number of rotatable bonds is 2. The van der Waals surface area contributed by atoms with Crippen LogP contribution in [0.1, 0.15) is 13.3 Å². The summed E-state index contributed by atoms with van der Waals surface area (Å²) < 4.78 is 0. The molecule has 4 heteroatoms. The number of primary amides is 1. The van der Waals surface area contributed by atoms with E-state index in [1.807, 2.05) is 0 Å². The van der Waals surface area contributed by atoms with Crippen molar-refractivity contribution in [2.75, 3.05) is 0 Å². The van der Waals surface area contributed by atoms with Crippen molar-refractivity contribution in [3.05, 3.63) is 11.8 Å². The standard InChI is InChI=1S/C7H10N2O2/c1-4(10)5-2-3-6(9-5)7(8)11/h2,6,9H,3H2,1H3,(H2,8,11). The third-order valence-corrected chi connectivity index (χ3v) is 1.61. The molecule has 1 atom stereocenters. The fraction of sp³-hybridized carbons (Fsp3) is 0.429. The SMILES string of the molecule is CC(=O)C1=CCC(C(N)=O)N1. The maximum absolute atomic E-state index is 10.7. The summed E-state index contributed by atoms with van der Waals surface area (Å²) in [7, 11) is 0. The molecule has 1 aliphatic heterocycles. The van der Waals surface area contributed by atoms with Crippen LogP contribution in [0.5, 0.6) is 0 Å². The van der Waals surface area contributed by atoms with Crippen LogP contribution in [0, 0.1) is 0 Å². The highest BCUT2D eigenvalue weighted by atomic mass is 16.1. The van der Waals surface area contributed by atoms with Crippen LogP contribution < -0.4 is 11.1 Å². The molecule has 0 fully saturated rings. The molecule has 0 spiro atoms. The van der Waals surface area contributed by atoms with Gasteiger partial charge in [0, 0.05) is 6.92 Å². The van der Waals surface area contributed by atoms with E-state index < -0.39 is 11.9 Å². The fourth-order valence-corrected chi connectivity index (χ4v) is 0.974. The molecule has 3 N–H and O–H groups in total. The first-order valence-corrected chi connectivity index (χ1v) is 3.38. The van der Waals surface area contributed by atoms with E-state index in [4.69, 9.17) is 5.73 Å². The van der Waals surface area contributed by atoms with Crippen LogP contribution in [-0.2, 0) is 9.59 Å². The van der Waals surface area contributed by atoms with Gasteiger partial charge in [0.05, 0.1) is 5.70 Å². The summed E-state index contributed by atoms with van der Waals surface area (Å²) >= 11 is 0. The molecule has 1 rings (SSSR count). The maximum Gasteiger partial charge on any atom is 0.240 e. The van der Waals surface area contributed by atoms with Gasteiger partial charge >= 0.3 is 0 Å². The third kappa shape index (κ3) is 1.58. The average Bonchev–Trinajstić information content (AvgIpc) is 2.33. The Kier molecular flexibility index (Phi) is 1.94. The van der Waals surface area contributed by atoms with Crippen LogP contribution >= 0.6 is 0 Å². The minimum Gasteiger partial charge on any atom is -0.371 e. The van der Waals surface area contributed by atoms with Gasteiger partial charge in [0.2, 0.25) is 5.91 Å². The van der Waals surface area contributed by atoms with Crippen molar-refractivity contribution < 1.29 is 9.59 Å². The molecule has 1 aliphatic rings. The highest BCUT2D eigenvalue weighted by molar-refractivity contribution is 5.95. The van der Waals surface area contributed by atoms with E-state index in [2.05, 4.69) is 5.32 Å². The van der Waals surface area contributed by atoms with Gasteiger partial charge in [-0.1, -0.05) is 6.08 Å². The molecule has 0 bridgehead atoms. The van der Waals surface area contributed by atoms with Crippen molar-refractivity contribution in [3.8, 4) is 0 Å². The van der Waals surface area contributed by atoms with Gasteiger partial charge in [-0.2, -0.15) is 0 Å². The second-order valence-electron chi connectivity index (χ2n) is 2.51. The van der Waals surface area contributed by atoms with E-state index in [0.29, 0.717) is 12.1 Å². The quantitative estimate of drug-likeness (QED) is 0.552. The van der Waals surface area contributed by atoms with E-state index in [1.54, 1.807) is 6.08 Å². The van der Waals surface area contributed by atoms with Crippen LogP contribution in [0.4, 0.5) is 0 Å². The Balaban J connectivity index is 2.56. The molecule has 0 aliphatic carbocycles. The number of carbonyl (C=O) groups is 2. The highest BCUT2D eigenvalue weighted by Crippen LogP contribution is 2.08. The number of ketones is 1. The van der Waals surface area contributed by atoms with Crippen LogP contribution in [0.3, 0.4) is 0 Å². The molecule has 0 aromatic carbocycles. The van der Waals surface area contributed by atoms with E-state index in [0.717, 1.165) is 0 Å². The minimum atomic E-state index is -0.419. The van der Waals surface area contributed by atoms with Gasteiger partial charge in [0.1, 0.15) is 6.04 Å². The number of allylic oxidation sites excluding steroid dienone is 1. The predicted molar refractivity (Wildman–Crippen MR) is 39.5 cm³/mol. The Bertz CT molecular complexity index is 233. The number of Topliss-reactive ketones (excluding diaryl/α,β-unsaturated/α-hetero) is 1. The number of nitrogens with two attached hydrogens (primary N) is 1. The number of carbonyl (C=O) groups excluding carboxylic acids is 2. The molecule has 1 heterocycles. The monoisotopic (exact) mass is 154 g/mol.